The number of hydrogen-bond donors (Lipinski definition) is 0. The van der Waals surface area contributed by atoms with Crippen LogP contribution in [-0.2, 0) is 10.0 Å². The molecule has 3 aromatic rings. The van der Waals surface area contributed by atoms with Gasteiger partial charge in [-0.15, -0.1) is 13.2 Å². The summed E-state index contributed by atoms with van der Waals surface area (Å²) in [6, 6.07) is 9.22. The summed E-state index contributed by atoms with van der Waals surface area (Å²) in [6.07, 6.45) is -4.87. The Kier molecular flexibility index (Phi) is 6.21. The van der Waals surface area contributed by atoms with Gasteiger partial charge >= 0.3 is 6.36 Å². The van der Waals surface area contributed by atoms with Crippen LogP contribution in [0.5, 0.6) is 11.5 Å². The molecule has 0 atom stereocenters. The molecule has 2 heterocycles. The molecule has 1 saturated heterocycles. The summed E-state index contributed by atoms with van der Waals surface area (Å²) >= 11 is 0. The third-order valence-electron chi connectivity index (χ3n) is 5.56. The van der Waals surface area contributed by atoms with E-state index in [0.717, 1.165) is 29.7 Å². The Hall–Kier alpha value is -3.25. The number of carbonyl (C=O) groups excluding carboxylic acids is 1. The molecule has 1 amide bonds. The third kappa shape index (κ3) is 4.68. The molecule has 4 rings (SSSR count). The van der Waals surface area contributed by atoms with Crippen LogP contribution in [0.3, 0.4) is 0 Å². The zero-order chi connectivity index (χ0) is 24.7. The van der Waals surface area contributed by atoms with Gasteiger partial charge in [0.05, 0.1) is 12.0 Å². The maximum absolute atomic E-state index is 13.0. The second-order valence-corrected chi connectivity index (χ2v) is 9.57. The van der Waals surface area contributed by atoms with Crippen molar-refractivity contribution in [3.05, 3.63) is 53.8 Å². The molecule has 1 aliphatic heterocycles. The van der Waals surface area contributed by atoms with E-state index in [1.165, 1.54) is 9.21 Å². The van der Waals surface area contributed by atoms with Crippen LogP contribution in [0.15, 0.2) is 51.8 Å². The number of amides is 1. The molecule has 2 aromatic carbocycles. The fourth-order valence-electron chi connectivity index (χ4n) is 3.77. The molecule has 34 heavy (non-hydrogen) atoms. The number of benzene rings is 2. The first-order chi connectivity index (χ1) is 16.0. The Bertz CT molecular complexity index is 1310. The van der Waals surface area contributed by atoms with Crippen molar-refractivity contribution in [2.24, 2.45) is 0 Å². The van der Waals surface area contributed by atoms with Gasteiger partial charge in [-0.3, -0.25) is 4.79 Å². The summed E-state index contributed by atoms with van der Waals surface area (Å²) in [4.78, 5) is 14.4. The van der Waals surface area contributed by atoms with Gasteiger partial charge in [0.15, 0.2) is 5.76 Å². The lowest BCUT2D eigenvalue weighted by Crippen LogP contribution is -2.50. The Labute approximate surface area is 193 Å². The van der Waals surface area contributed by atoms with Crippen molar-refractivity contribution in [1.82, 2.24) is 9.21 Å². The monoisotopic (exact) mass is 498 g/mol. The largest absolute Gasteiger partial charge is 0.573 e. The number of piperazine rings is 1. The lowest BCUT2D eigenvalue weighted by Gasteiger charge is -2.33. The lowest BCUT2D eigenvalue weighted by atomic mass is 10.1. The molecule has 8 nitrogen and oxygen atoms in total. The number of halogens is 3. The van der Waals surface area contributed by atoms with E-state index in [1.807, 2.05) is 0 Å². The molecule has 0 radical (unpaired) electrons. The minimum atomic E-state index is -4.87. The lowest BCUT2D eigenvalue weighted by molar-refractivity contribution is -0.274. The van der Waals surface area contributed by atoms with E-state index < -0.39 is 22.1 Å². The van der Waals surface area contributed by atoms with Gasteiger partial charge in [-0.25, -0.2) is 8.42 Å². The molecule has 1 fully saturated rings. The molecule has 0 bridgehead atoms. The number of aryl methyl sites for hydroxylation is 1. The quantitative estimate of drug-likeness (QED) is 0.532. The Morgan fingerprint density at radius 2 is 1.62 bits per heavy atom. The van der Waals surface area contributed by atoms with Crippen LogP contribution in [0.2, 0.25) is 0 Å². The van der Waals surface area contributed by atoms with Crippen LogP contribution in [0.1, 0.15) is 16.1 Å². The van der Waals surface area contributed by atoms with Crippen molar-refractivity contribution >= 4 is 26.9 Å². The average Bonchev–Trinajstić information content (AvgIpc) is 3.13. The van der Waals surface area contributed by atoms with Gasteiger partial charge in [-0.05, 0) is 49.4 Å². The number of rotatable bonds is 5. The molecule has 1 aliphatic rings. The molecule has 0 spiro atoms. The number of alkyl halides is 3. The highest BCUT2D eigenvalue weighted by Gasteiger charge is 2.33. The van der Waals surface area contributed by atoms with Crippen molar-refractivity contribution in [1.29, 1.82) is 0 Å². The van der Waals surface area contributed by atoms with E-state index in [4.69, 9.17) is 9.15 Å². The normalized spacial score (nSPS) is 15.5. The SMILES string of the molecule is COc1ccc2oc(C(=O)N3CCN(S(=O)(=O)c4ccc(OC(F)(F)F)cc4)CC3)c(C)c2c1. The third-order valence-corrected chi connectivity index (χ3v) is 7.47. The van der Waals surface area contributed by atoms with Gasteiger partial charge in [0.2, 0.25) is 10.0 Å². The van der Waals surface area contributed by atoms with Crippen molar-refractivity contribution in [2.45, 2.75) is 18.2 Å². The molecule has 12 heteroatoms. The fraction of sp³-hybridized carbons (Fsp3) is 0.318. The summed E-state index contributed by atoms with van der Waals surface area (Å²) in [5, 5.41) is 0.752. The average molecular weight is 498 g/mol. The minimum Gasteiger partial charge on any atom is -0.497 e. The van der Waals surface area contributed by atoms with Crippen LogP contribution in [-0.4, -0.2) is 63.2 Å². The first-order valence-corrected chi connectivity index (χ1v) is 11.7. The van der Waals surface area contributed by atoms with Crippen LogP contribution < -0.4 is 9.47 Å². The second kappa shape index (κ2) is 8.84. The first kappa shape index (κ1) is 23.9. The van der Waals surface area contributed by atoms with E-state index in [2.05, 4.69) is 4.74 Å². The second-order valence-electron chi connectivity index (χ2n) is 7.63. The number of carbonyl (C=O) groups is 1. The van der Waals surface area contributed by atoms with Crippen LogP contribution >= 0.6 is 0 Å². The van der Waals surface area contributed by atoms with E-state index in [-0.39, 0.29) is 42.7 Å². The number of hydrogen-bond acceptors (Lipinski definition) is 6. The van der Waals surface area contributed by atoms with Gasteiger partial charge in [0.1, 0.15) is 17.1 Å². The van der Waals surface area contributed by atoms with Crippen LogP contribution in [0, 0.1) is 6.92 Å². The molecular formula is C22H21F3N2O6S. The highest BCUT2D eigenvalue weighted by atomic mass is 32.2. The number of nitrogens with zero attached hydrogens (tertiary/aromatic N) is 2. The van der Waals surface area contributed by atoms with E-state index in [0.29, 0.717) is 16.9 Å². The van der Waals surface area contributed by atoms with Crippen molar-refractivity contribution < 1.29 is 40.3 Å². The van der Waals surface area contributed by atoms with E-state index >= 15 is 0 Å². The number of furan rings is 1. The predicted octanol–water partition coefficient (Wildman–Crippen LogP) is 3.80. The van der Waals surface area contributed by atoms with Gasteiger partial charge in [-0.2, -0.15) is 4.31 Å². The summed E-state index contributed by atoms with van der Waals surface area (Å²) in [5.74, 6) is -0.0499. The maximum Gasteiger partial charge on any atom is 0.573 e. The van der Waals surface area contributed by atoms with Crippen molar-refractivity contribution in [2.75, 3.05) is 33.3 Å². The fourth-order valence-corrected chi connectivity index (χ4v) is 5.19. The van der Waals surface area contributed by atoms with Gasteiger partial charge < -0.3 is 18.8 Å². The van der Waals surface area contributed by atoms with Gasteiger partial charge in [0, 0.05) is 37.1 Å². The number of methoxy groups -OCH3 is 1. The number of sulfonamides is 1. The predicted molar refractivity (Wildman–Crippen MR) is 115 cm³/mol. The summed E-state index contributed by atoms with van der Waals surface area (Å²) in [5.41, 5.74) is 1.20. The van der Waals surface area contributed by atoms with Gasteiger partial charge in [0.25, 0.3) is 5.91 Å². The molecule has 182 valence electrons. The zero-order valence-corrected chi connectivity index (χ0v) is 19.1. The highest BCUT2D eigenvalue weighted by Crippen LogP contribution is 2.30. The van der Waals surface area contributed by atoms with E-state index in [1.54, 1.807) is 32.2 Å². The van der Waals surface area contributed by atoms with Crippen molar-refractivity contribution in [3.8, 4) is 11.5 Å². The molecule has 0 N–H and O–H groups in total. The van der Waals surface area contributed by atoms with Crippen LogP contribution in [0.25, 0.3) is 11.0 Å². The minimum absolute atomic E-state index is 0.0297. The topological polar surface area (TPSA) is 89.3 Å². The van der Waals surface area contributed by atoms with Crippen molar-refractivity contribution in [3.63, 3.8) is 0 Å². The number of ether oxygens (including phenoxy) is 2. The molecule has 0 unspecified atom stereocenters. The molecular weight excluding hydrogens is 477 g/mol. The van der Waals surface area contributed by atoms with Gasteiger partial charge in [-0.1, -0.05) is 0 Å². The molecule has 1 aromatic heterocycles. The Morgan fingerprint density at radius 1 is 1.00 bits per heavy atom. The standard InChI is InChI=1S/C22H21F3N2O6S/c1-14-18-13-16(31-2)5-8-19(18)32-20(14)21(28)26-9-11-27(12-10-26)34(29,30)17-6-3-15(4-7-17)33-22(23,24)25/h3-8,13H,9-12H2,1-2H3. The Balaban J connectivity index is 1.45. The molecule has 0 saturated carbocycles. The Morgan fingerprint density at radius 3 is 2.21 bits per heavy atom. The van der Waals surface area contributed by atoms with Crippen LogP contribution in [0.4, 0.5) is 13.2 Å². The molecule has 0 aliphatic carbocycles. The summed E-state index contributed by atoms with van der Waals surface area (Å²) in [6.45, 7) is 2.09. The highest BCUT2D eigenvalue weighted by molar-refractivity contribution is 7.89. The summed E-state index contributed by atoms with van der Waals surface area (Å²) in [7, 11) is -2.41. The zero-order valence-electron chi connectivity index (χ0n) is 18.3. The van der Waals surface area contributed by atoms with E-state index in [9.17, 15) is 26.4 Å². The number of fused-ring (bicyclic) bond motifs is 1. The first-order valence-electron chi connectivity index (χ1n) is 10.2. The summed E-state index contributed by atoms with van der Waals surface area (Å²) < 4.78 is 78.7. The maximum atomic E-state index is 13.0. The smallest absolute Gasteiger partial charge is 0.497 e.